The van der Waals surface area contributed by atoms with Crippen LogP contribution in [0.1, 0.15) is 37.4 Å². The maximum Gasteiger partial charge on any atom is 0.229 e. The molecule has 14 heavy (non-hydrogen) atoms. The van der Waals surface area contributed by atoms with Crippen LogP contribution in [0.2, 0.25) is 0 Å². The molecule has 2 rings (SSSR count). The lowest BCUT2D eigenvalue weighted by molar-refractivity contribution is 0.135. The van der Waals surface area contributed by atoms with E-state index in [1.807, 2.05) is 6.92 Å². The first-order valence-corrected chi connectivity index (χ1v) is 4.75. The van der Waals surface area contributed by atoms with Gasteiger partial charge >= 0.3 is 0 Å². The highest BCUT2D eigenvalue weighted by Gasteiger charge is 2.33. The van der Waals surface area contributed by atoms with E-state index in [1.54, 1.807) is 7.11 Å². The second-order valence-corrected chi connectivity index (χ2v) is 4.08. The van der Waals surface area contributed by atoms with Gasteiger partial charge < -0.3 is 15.0 Å². The molecule has 0 amide bonds. The molecular weight excluding hydrogens is 182 g/mol. The molecule has 0 bridgehead atoms. The maximum absolute atomic E-state index is 5.97. The predicted molar refractivity (Wildman–Crippen MR) is 49.7 cm³/mol. The molecule has 1 aliphatic carbocycles. The molecule has 1 fully saturated rings. The topological polar surface area (TPSA) is 74.2 Å². The van der Waals surface area contributed by atoms with Crippen molar-refractivity contribution in [2.45, 2.75) is 31.2 Å². The summed E-state index contributed by atoms with van der Waals surface area (Å²) in [5.41, 5.74) is 5.31. The minimum atomic E-state index is -0.661. The van der Waals surface area contributed by atoms with Gasteiger partial charge in [0.1, 0.15) is 5.54 Å². The molecule has 0 radical (unpaired) electrons. The fourth-order valence-electron chi connectivity index (χ4n) is 1.33. The minimum absolute atomic E-state index is 0.386. The van der Waals surface area contributed by atoms with Gasteiger partial charge in [-0.15, -0.1) is 0 Å². The van der Waals surface area contributed by atoms with Crippen LogP contribution in [0.4, 0.5) is 0 Å². The van der Waals surface area contributed by atoms with Gasteiger partial charge in [-0.05, 0) is 19.8 Å². The first kappa shape index (κ1) is 9.61. The quantitative estimate of drug-likeness (QED) is 0.771. The highest BCUT2D eigenvalue weighted by molar-refractivity contribution is 5.07. The molecular formula is C9H15N3O2. The molecule has 0 spiro atoms. The molecule has 2 N–H and O–H groups in total. The minimum Gasteiger partial charge on any atom is -0.382 e. The Morgan fingerprint density at radius 3 is 2.93 bits per heavy atom. The summed E-state index contributed by atoms with van der Waals surface area (Å²) < 4.78 is 10.1. The Hall–Kier alpha value is -0.940. The van der Waals surface area contributed by atoms with Crippen molar-refractivity contribution >= 4 is 0 Å². The van der Waals surface area contributed by atoms with Crippen LogP contribution in [0.15, 0.2) is 4.52 Å². The lowest BCUT2D eigenvalue weighted by Crippen LogP contribution is -2.39. The second kappa shape index (κ2) is 3.33. The van der Waals surface area contributed by atoms with Crippen molar-refractivity contribution in [3.05, 3.63) is 11.7 Å². The Bertz CT molecular complexity index is 318. The fourth-order valence-corrected chi connectivity index (χ4v) is 1.33. The average molecular weight is 197 g/mol. The zero-order valence-corrected chi connectivity index (χ0v) is 8.49. The molecule has 1 saturated carbocycles. The van der Waals surface area contributed by atoms with Crippen LogP contribution in [0.5, 0.6) is 0 Å². The molecule has 1 unspecified atom stereocenters. The third-order valence-corrected chi connectivity index (χ3v) is 2.32. The van der Waals surface area contributed by atoms with Gasteiger partial charge in [0, 0.05) is 13.0 Å². The van der Waals surface area contributed by atoms with Crippen molar-refractivity contribution in [1.82, 2.24) is 10.1 Å². The van der Waals surface area contributed by atoms with E-state index >= 15 is 0 Å². The van der Waals surface area contributed by atoms with Gasteiger partial charge in [0.25, 0.3) is 0 Å². The van der Waals surface area contributed by atoms with Crippen LogP contribution >= 0.6 is 0 Å². The van der Waals surface area contributed by atoms with E-state index in [9.17, 15) is 0 Å². The van der Waals surface area contributed by atoms with E-state index in [0.717, 1.165) is 12.8 Å². The molecule has 0 aromatic carbocycles. The van der Waals surface area contributed by atoms with Gasteiger partial charge in [-0.1, -0.05) is 5.16 Å². The number of nitrogens with zero attached hydrogens (tertiary/aromatic N) is 2. The number of methoxy groups -OCH3 is 1. The third kappa shape index (κ3) is 1.78. The van der Waals surface area contributed by atoms with Crippen LogP contribution in [0, 0.1) is 0 Å². The monoisotopic (exact) mass is 197 g/mol. The summed E-state index contributed by atoms with van der Waals surface area (Å²) in [4.78, 5) is 4.28. The maximum atomic E-state index is 5.97. The van der Waals surface area contributed by atoms with Crippen LogP contribution < -0.4 is 5.73 Å². The number of hydrogen-bond donors (Lipinski definition) is 1. The van der Waals surface area contributed by atoms with Crippen molar-refractivity contribution in [3.8, 4) is 0 Å². The Labute approximate surface area is 82.6 Å². The van der Waals surface area contributed by atoms with Crippen LogP contribution in [0.25, 0.3) is 0 Å². The zero-order chi connectivity index (χ0) is 10.2. The second-order valence-electron chi connectivity index (χ2n) is 4.08. The largest absolute Gasteiger partial charge is 0.382 e. The summed E-state index contributed by atoms with van der Waals surface area (Å²) in [6.07, 6.45) is 2.29. The van der Waals surface area contributed by atoms with Crippen molar-refractivity contribution in [1.29, 1.82) is 0 Å². The van der Waals surface area contributed by atoms with Gasteiger partial charge in [0.2, 0.25) is 5.89 Å². The Kier molecular flexibility index (Phi) is 2.28. The van der Waals surface area contributed by atoms with Gasteiger partial charge in [-0.25, -0.2) is 0 Å². The lowest BCUT2D eigenvalue weighted by atomic mass is 10.1. The lowest BCUT2D eigenvalue weighted by Gasteiger charge is -2.18. The average Bonchev–Trinajstić information content (AvgIpc) is 2.83. The summed E-state index contributed by atoms with van der Waals surface area (Å²) in [5, 5.41) is 3.88. The summed E-state index contributed by atoms with van der Waals surface area (Å²) in [7, 11) is 1.60. The highest BCUT2D eigenvalue weighted by atomic mass is 16.5. The normalized spacial score (nSPS) is 20.8. The molecule has 0 saturated heterocycles. The molecule has 5 nitrogen and oxygen atoms in total. The molecule has 5 heteroatoms. The number of nitrogens with two attached hydrogens (primary N) is 1. The van der Waals surface area contributed by atoms with E-state index in [4.69, 9.17) is 15.0 Å². The summed E-state index contributed by atoms with van der Waals surface area (Å²) in [6, 6.07) is 0. The molecule has 78 valence electrons. The summed E-state index contributed by atoms with van der Waals surface area (Å²) in [5.74, 6) is 1.71. The van der Waals surface area contributed by atoms with E-state index in [0.29, 0.717) is 24.2 Å². The van der Waals surface area contributed by atoms with E-state index in [2.05, 4.69) is 10.1 Å². The number of hydrogen-bond acceptors (Lipinski definition) is 5. The number of rotatable bonds is 4. The van der Waals surface area contributed by atoms with Crippen LogP contribution in [-0.2, 0) is 10.3 Å². The van der Waals surface area contributed by atoms with Crippen molar-refractivity contribution in [2.75, 3.05) is 13.7 Å². The van der Waals surface area contributed by atoms with Crippen LogP contribution in [-0.4, -0.2) is 23.9 Å². The smallest absolute Gasteiger partial charge is 0.229 e. The molecule has 1 atom stereocenters. The van der Waals surface area contributed by atoms with E-state index in [-0.39, 0.29) is 0 Å². The third-order valence-electron chi connectivity index (χ3n) is 2.32. The van der Waals surface area contributed by atoms with Crippen molar-refractivity contribution < 1.29 is 9.26 Å². The Morgan fingerprint density at radius 1 is 1.64 bits per heavy atom. The van der Waals surface area contributed by atoms with Crippen molar-refractivity contribution in [2.24, 2.45) is 5.73 Å². The van der Waals surface area contributed by atoms with Gasteiger partial charge in [0.15, 0.2) is 5.82 Å². The summed E-state index contributed by atoms with van der Waals surface area (Å²) in [6.45, 7) is 2.22. The first-order chi connectivity index (χ1) is 6.63. The zero-order valence-electron chi connectivity index (χ0n) is 8.49. The summed E-state index contributed by atoms with van der Waals surface area (Å²) >= 11 is 0. The van der Waals surface area contributed by atoms with Gasteiger partial charge in [-0.3, -0.25) is 0 Å². The molecule has 0 aliphatic heterocycles. The number of aromatic nitrogens is 2. The predicted octanol–water partition coefficient (Wildman–Crippen LogP) is 0.767. The molecule has 1 heterocycles. The van der Waals surface area contributed by atoms with E-state index < -0.39 is 5.54 Å². The van der Waals surface area contributed by atoms with Crippen molar-refractivity contribution in [3.63, 3.8) is 0 Å². The van der Waals surface area contributed by atoms with E-state index in [1.165, 1.54) is 0 Å². The van der Waals surface area contributed by atoms with Crippen LogP contribution in [0.3, 0.4) is 0 Å². The SMILES string of the molecule is COCC(C)(N)c1noc(C2CC2)n1. The fraction of sp³-hybridized carbons (Fsp3) is 0.778. The highest BCUT2D eigenvalue weighted by Crippen LogP contribution is 2.39. The molecule has 1 aromatic heterocycles. The first-order valence-electron chi connectivity index (χ1n) is 4.75. The standard InChI is InChI=1S/C9H15N3O2/c1-9(10,5-13-2)8-11-7(14-12-8)6-3-4-6/h6H,3-5,10H2,1-2H3. The molecule has 1 aliphatic rings. The van der Waals surface area contributed by atoms with Gasteiger partial charge in [0.05, 0.1) is 6.61 Å². The Morgan fingerprint density at radius 2 is 2.36 bits per heavy atom. The number of ether oxygens (including phenoxy) is 1. The molecule has 1 aromatic rings. The van der Waals surface area contributed by atoms with Gasteiger partial charge in [-0.2, -0.15) is 4.98 Å². The Balaban J connectivity index is 2.14.